The lowest BCUT2D eigenvalue weighted by Gasteiger charge is -2.50. The van der Waals surface area contributed by atoms with Crippen LogP contribution < -0.4 is 10.6 Å². The van der Waals surface area contributed by atoms with Gasteiger partial charge in [-0.15, -0.1) is 5.10 Å². The van der Waals surface area contributed by atoms with E-state index in [-0.39, 0.29) is 29.5 Å². The summed E-state index contributed by atoms with van der Waals surface area (Å²) in [5, 5.41) is 12.8. The molecule has 8 nitrogen and oxygen atoms in total. The number of rotatable bonds is 6. The van der Waals surface area contributed by atoms with E-state index in [4.69, 9.17) is 9.15 Å². The molecule has 0 aliphatic heterocycles. The van der Waals surface area contributed by atoms with Gasteiger partial charge in [-0.3, -0.25) is 9.59 Å². The van der Waals surface area contributed by atoms with Crippen molar-refractivity contribution in [2.24, 2.45) is 11.3 Å². The van der Waals surface area contributed by atoms with Crippen LogP contribution in [0.15, 0.2) is 52.6 Å². The zero-order valence-electron chi connectivity index (χ0n) is 19.9. The Hall–Kier alpha value is -3.56. The molecule has 1 heterocycles. The Kier molecular flexibility index (Phi) is 6.59. The zero-order valence-corrected chi connectivity index (χ0v) is 19.9. The molecule has 2 atom stereocenters. The molecule has 2 aromatic rings. The number of methoxy groups -OCH3 is 1. The van der Waals surface area contributed by atoms with Crippen LogP contribution in [0.5, 0.6) is 0 Å². The molecule has 190 valence electrons. The molecule has 1 spiro atoms. The van der Waals surface area contributed by atoms with Crippen LogP contribution in [-0.4, -0.2) is 41.5 Å². The fourth-order valence-corrected chi connectivity index (χ4v) is 5.51. The first kappa shape index (κ1) is 24.1. The molecule has 3 aliphatic carbocycles. The third-order valence-electron chi connectivity index (χ3n) is 7.55. The molecule has 3 aliphatic rings. The molecule has 1 aromatic carbocycles. The smallest absolute Gasteiger partial charge is 0.320 e. The molecule has 2 N–H and O–H groups in total. The number of hydrogen-bond acceptors (Lipinski definition) is 7. The van der Waals surface area contributed by atoms with E-state index in [0.29, 0.717) is 17.0 Å². The average Bonchev–Trinajstić information content (AvgIpc) is 3.33. The number of nitrogens with zero attached hydrogens (tertiary/aromatic N) is 2. The summed E-state index contributed by atoms with van der Waals surface area (Å²) >= 11 is 0. The van der Waals surface area contributed by atoms with E-state index in [1.165, 1.54) is 18.7 Å². The number of carbonyl (C=O) groups excluding carboxylic acids is 2. The minimum atomic E-state index is -1.77. The summed E-state index contributed by atoms with van der Waals surface area (Å²) < 4.78 is 36.8. The van der Waals surface area contributed by atoms with E-state index < -0.39 is 18.3 Å². The third kappa shape index (κ3) is 5.03. The van der Waals surface area contributed by atoms with Crippen molar-refractivity contribution in [2.75, 3.05) is 17.7 Å². The average molecular weight is 499 g/mol. The summed E-state index contributed by atoms with van der Waals surface area (Å²) in [5.74, 6) is -0.396. The van der Waals surface area contributed by atoms with Gasteiger partial charge in [0, 0.05) is 11.4 Å². The lowest BCUT2D eigenvalue weighted by Crippen LogP contribution is -2.43. The molecule has 1 aromatic heterocycles. The molecule has 5 rings (SSSR count). The van der Waals surface area contributed by atoms with Crippen molar-refractivity contribution in [1.29, 1.82) is 0 Å². The van der Waals surface area contributed by atoms with E-state index in [2.05, 4.69) is 20.8 Å². The van der Waals surface area contributed by atoms with E-state index in [1.807, 2.05) is 24.3 Å². The standard InChI is InChI=1S/C26H28F2N4O4/c1-35-24(34)17-13-26(14-17)10-8-16(9-11-26)15-2-4-18(5-3-15)29-22(33)23-31-32-25(36-23)30-19-6-7-20(27)21(28)12-19/h2-7,12,16-17,20-21H,8-11,13-14H2,1H3,(H,29,33)(H,30,32). The molecule has 2 fully saturated rings. The maximum atomic E-state index is 13.5. The number of hydrogen-bond donors (Lipinski definition) is 2. The van der Waals surface area contributed by atoms with Crippen molar-refractivity contribution >= 4 is 23.6 Å². The summed E-state index contributed by atoms with van der Waals surface area (Å²) in [5.41, 5.74) is 2.38. The first-order valence-electron chi connectivity index (χ1n) is 12.1. The molecule has 0 radical (unpaired) electrons. The maximum Gasteiger partial charge on any atom is 0.320 e. The lowest BCUT2D eigenvalue weighted by atomic mass is 9.54. The number of ether oxygens (including phenoxy) is 1. The van der Waals surface area contributed by atoms with Crippen LogP contribution in [0.1, 0.15) is 60.7 Å². The fraction of sp³-hybridized carbons (Fsp3) is 0.462. The van der Waals surface area contributed by atoms with Gasteiger partial charge in [0.2, 0.25) is 0 Å². The number of nitrogens with one attached hydrogen (secondary N) is 2. The highest BCUT2D eigenvalue weighted by molar-refractivity contribution is 6.00. The Morgan fingerprint density at radius 2 is 1.81 bits per heavy atom. The largest absolute Gasteiger partial charge is 0.469 e. The first-order valence-corrected chi connectivity index (χ1v) is 12.1. The highest BCUT2D eigenvalue weighted by atomic mass is 19.2. The predicted molar refractivity (Wildman–Crippen MR) is 128 cm³/mol. The van der Waals surface area contributed by atoms with Gasteiger partial charge in [-0.2, -0.15) is 0 Å². The topological polar surface area (TPSA) is 106 Å². The second-order valence-corrected chi connectivity index (χ2v) is 9.89. The Bertz CT molecular complexity index is 1180. The summed E-state index contributed by atoms with van der Waals surface area (Å²) in [6, 6.07) is 7.62. The van der Waals surface area contributed by atoms with Gasteiger partial charge in [-0.05, 0) is 85.8 Å². The Morgan fingerprint density at radius 1 is 1.08 bits per heavy atom. The first-order chi connectivity index (χ1) is 17.3. The molecule has 0 bridgehead atoms. The van der Waals surface area contributed by atoms with Gasteiger partial charge in [0.05, 0.1) is 13.0 Å². The summed E-state index contributed by atoms with van der Waals surface area (Å²) in [6.45, 7) is 0. The summed E-state index contributed by atoms with van der Waals surface area (Å²) in [4.78, 5) is 24.2. The van der Waals surface area contributed by atoms with Crippen LogP contribution in [0.25, 0.3) is 0 Å². The van der Waals surface area contributed by atoms with E-state index in [9.17, 15) is 18.4 Å². The van der Waals surface area contributed by atoms with Gasteiger partial charge in [0.1, 0.15) is 0 Å². The van der Waals surface area contributed by atoms with Crippen molar-refractivity contribution in [2.45, 2.75) is 56.8 Å². The van der Waals surface area contributed by atoms with Gasteiger partial charge in [0.25, 0.3) is 0 Å². The van der Waals surface area contributed by atoms with Crippen molar-refractivity contribution in [3.63, 3.8) is 0 Å². The number of allylic oxidation sites excluding steroid dienone is 3. The quantitative estimate of drug-likeness (QED) is 0.534. The minimum absolute atomic E-state index is 0.0629. The maximum absolute atomic E-state index is 13.5. The van der Waals surface area contributed by atoms with E-state index in [0.717, 1.165) is 50.7 Å². The van der Waals surface area contributed by atoms with Gasteiger partial charge in [-0.1, -0.05) is 17.2 Å². The van der Waals surface area contributed by atoms with Crippen LogP contribution >= 0.6 is 0 Å². The second kappa shape index (κ2) is 9.83. The molecular weight excluding hydrogens is 470 g/mol. The predicted octanol–water partition coefficient (Wildman–Crippen LogP) is 5.09. The molecule has 2 saturated carbocycles. The van der Waals surface area contributed by atoms with Crippen LogP contribution in [0, 0.1) is 11.3 Å². The summed E-state index contributed by atoms with van der Waals surface area (Å²) in [7, 11) is 1.45. The van der Waals surface area contributed by atoms with Crippen molar-refractivity contribution in [1.82, 2.24) is 10.2 Å². The number of benzene rings is 1. The van der Waals surface area contributed by atoms with Crippen LogP contribution in [-0.2, 0) is 9.53 Å². The molecule has 36 heavy (non-hydrogen) atoms. The van der Waals surface area contributed by atoms with Gasteiger partial charge >= 0.3 is 23.8 Å². The number of alkyl halides is 2. The molecule has 1 amide bonds. The van der Waals surface area contributed by atoms with Gasteiger partial charge < -0.3 is 19.8 Å². The monoisotopic (exact) mass is 498 g/mol. The lowest BCUT2D eigenvalue weighted by molar-refractivity contribution is -0.155. The normalized spacial score (nSPS) is 29.2. The van der Waals surface area contributed by atoms with Crippen LogP contribution in [0.3, 0.4) is 0 Å². The van der Waals surface area contributed by atoms with E-state index >= 15 is 0 Å². The third-order valence-corrected chi connectivity index (χ3v) is 7.55. The molecule has 0 saturated heterocycles. The Balaban J connectivity index is 1.12. The molecular formula is C26H28F2N4O4. The van der Waals surface area contributed by atoms with Crippen molar-refractivity contribution < 1.29 is 27.5 Å². The number of carbonyl (C=O) groups is 2. The zero-order chi connectivity index (χ0) is 25.3. The number of esters is 1. The summed E-state index contributed by atoms with van der Waals surface area (Å²) in [6.07, 6.45) is 6.32. The number of amides is 1. The van der Waals surface area contributed by atoms with Crippen LogP contribution in [0.2, 0.25) is 0 Å². The second-order valence-electron chi connectivity index (χ2n) is 9.89. The SMILES string of the molecule is COC(=O)C1CC2(CCC(c3ccc(NC(=O)c4nnc(NC5=CC(F)C(F)C=C5)o4)cc3)CC2)C1. The molecule has 2 unspecified atom stereocenters. The highest BCUT2D eigenvalue weighted by Crippen LogP contribution is 2.57. The van der Waals surface area contributed by atoms with Crippen molar-refractivity contribution in [3.8, 4) is 0 Å². The van der Waals surface area contributed by atoms with Crippen molar-refractivity contribution in [3.05, 3.63) is 59.6 Å². The Morgan fingerprint density at radius 3 is 2.47 bits per heavy atom. The van der Waals surface area contributed by atoms with Crippen LogP contribution in [0.4, 0.5) is 20.5 Å². The number of halogens is 2. The van der Waals surface area contributed by atoms with Gasteiger partial charge in [0.15, 0.2) is 12.3 Å². The fourth-order valence-electron chi connectivity index (χ4n) is 5.51. The Labute approximate surface area is 207 Å². The molecule has 10 heteroatoms. The highest BCUT2D eigenvalue weighted by Gasteiger charge is 2.49. The number of aromatic nitrogens is 2. The number of anilines is 2. The minimum Gasteiger partial charge on any atom is -0.469 e. The van der Waals surface area contributed by atoms with Gasteiger partial charge in [-0.25, -0.2) is 8.78 Å². The van der Waals surface area contributed by atoms with E-state index in [1.54, 1.807) is 0 Å².